The average Bonchev–Trinajstić information content (AvgIpc) is 2.58. The number of anilines is 1. The summed E-state index contributed by atoms with van der Waals surface area (Å²) >= 11 is 0. The predicted octanol–water partition coefficient (Wildman–Crippen LogP) is 4.07. The van der Waals surface area contributed by atoms with E-state index in [-0.39, 0.29) is 24.4 Å². The second-order valence-corrected chi connectivity index (χ2v) is 9.54. The van der Waals surface area contributed by atoms with Gasteiger partial charge in [0, 0.05) is 0 Å². The number of amides is 1. The molecule has 5 nitrogen and oxygen atoms in total. The summed E-state index contributed by atoms with van der Waals surface area (Å²) in [5, 5.41) is 2.93. The summed E-state index contributed by atoms with van der Waals surface area (Å²) in [4.78, 5) is 12.7. The van der Waals surface area contributed by atoms with Crippen molar-refractivity contribution < 1.29 is 13.2 Å². The van der Waals surface area contributed by atoms with E-state index in [1.807, 2.05) is 58.9 Å². The molecule has 2 rings (SSSR count). The van der Waals surface area contributed by atoms with E-state index in [1.165, 1.54) is 4.31 Å². The highest BCUT2D eigenvalue weighted by Crippen LogP contribution is 2.29. The van der Waals surface area contributed by atoms with Crippen molar-refractivity contribution in [3.8, 4) is 0 Å². The van der Waals surface area contributed by atoms with Crippen LogP contribution in [0.2, 0.25) is 0 Å². The molecule has 0 saturated carbocycles. The van der Waals surface area contributed by atoms with E-state index in [0.717, 1.165) is 28.5 Å². The van der Waals surface area contributed by atoms with Crippen LogP contribution >= 0.6 is 0 Å². The molecule has 2 aromatic rings. The largest absolute Gasteiger partial charge is 0.348 e. The van der Waals surface area contributed by atoms with Gasteiger partial charge >= 0.3 is 0 Å². The van der Waals surface area contributed by atoms with Gasteiger partial charge in [-0.3, -0.25) is 9.10 Å². The summed E-state index contributed by atoms with van der Waals surface area (Å²) in [6.45, 7) is 9.69. The van der Waals surface area contributed by atoms with Crippen molar-refractivity contribution in [1.29, 1.82) is 0 Å². The summed E-state index contributed by atoms with van der Waals surface area (Å²) in [7, 11) is -3.61. The van der Waals surface area contributed by atoms with Gasteiger partial charge in [0.1, 0.15) is 6.54 Å². The number of carbonyl (C=O) groups is 1. The summed E-state index contributed by atoms with van der Waals surface area (Å²) in [5.74, 6) is -0.200. The lowest BCUT2D eigenvalue weighted by Crippen LogP contribution is -2.41. The van der Waals surface area contributed by atoms with Gasteiger partial charge in [0.2, 0.25) is 15.9 Å². The second kappa shape index (κ2) is 8.78. The van der Waals surface area contributed by atoms with Gasteiger partial charge in [-0.05, 0) is 49.4 Å². The maximum atomic E-state index is 12.7. The number of para-hydroxylation sites is 1. The Hall–Kier alpha value is -2.34. The second-order valence-electron chi connectivity index (χ2n) is 7.63. The zero-order valence-corrected chi connectivity index (χ0v) is 18.3. The van der Waals surface area contributed by atoms with E-state index in [1.54, 1.807) is 12.1 Å². The van der Waals surface area contributed by atoms with Crippen LogP contribution in [0.1, 0.15) is 55.0 Å². The fourth-order valence-corrected chi connectivity index (χ4v) is 4.27. The van der Waals surface area contributed by atoms with Gasteiger partial charge in [-0.25, -0.2) is 8.42 Å². The van der Waals surface area contributed by atoms with E-state index in [0.29, 0.717) is 5.69 Å². The van der Waals surface area contributed by atoms with Crippen LogP contribution in [0.3, 0.4) is 0 Å². The van der Waals surface area contributed by atoms with Gasteiger partial charge in [0.15, 0.2) is 0 Å². The smallest absolute Gasteiger partial charge is 0.241 e. The topological polar surface area (TPSA) is 66.5 Å². The molecule has 28 heavy (non-hydrogen) atoms. The summed E-state index contributed by atoms with van der Waals surface area (Å²) in [6, 6.07) is 13.2. The average molecular weight is 403 g/mol. The number of hydrogen-bond acceptors (Lipinski definition) is 3. The van der Waals surface area contributed by atoms with Crippen molar-refractivity contribution in [1.82, 2.24) is 5.32 Å². The maximum absolute atomic E-state index is 12.7. The lowest BCUT2D eigenvalue weighted by atomic mass is 10.00. The fraction of sp³-hybridized carbons (Fsp3) is 0.409. The maximum Gasteiger partial charge on any atom is 0.241 e. The van der Waals surface area contributed by atoms with Crippen molar-refractivity contribution in [3.63, 3.8) is 0 Å². The first-order chi connectivity index (χ1) is 13.0. The van der Waals surface area contributed by atoms with Crippen LogP contribution in [0, 0.1) is 13.8 Å². The Balaban J connectivity index is 2.25. The van der Waals surface area contributed by atoms with Crippen molar-refractivity contribution in [2.24, 2.45) is 0 Å². The Morgan fingerprint density at radius 2 is 1.68 bits per heavy atom. The summed E-state index contributed by atoms with van der Waals surface area (Å²) in [5.41, 5.74) is 4.72. The number of carbonyl (C=O) groups excluding carboxylic acids is 1. The normalized spacial score (nSPS) is 12.7. The molecule has 0 saturated heterocycles. The van der Waals surface area contributed by atoms with Crippen molar-refractivity contribution in [3.05, 3.63) is 64.7 Å². The first-order valence-corrected chi connectivity index (χ1v) is 11.3. The molecule has 0 spiro atoms. The molecular weight excluding hydrogens is 372 g/mol. The van der Waals surface area contributed by atoms with E-state index < -0.39 is 10.0 Å². The molecule has 2 aromatic carbocycles. The molecule has 0 bridgehead atoms. The molecule has 0 fully saturated rings. The van der Waals surface area contributed by atoms with Crippen LogP contribution in [-0.2, 0) is 14.8 Å². The van der Waals surface area contributed by atoms with Crippen molar-refractivity contribution in [2.45, 2.75) is 46.6 Å². The van der Waals surface area contributed by atoms with E-state index in [2.05, 4.69) is 11.4 Å². The van der Waals surface area contributed by atoms with Crippen molar-refractivity contribution >= 4 is 21.6 Å². The Morgan fingerprint density at radius 1 is 1.04 bits per heavy atom. The van der Waals surface area contributed by atoms with Gasteiger partial charge in [-0.15, -0.1) is 0 Å². The van der Waals surface area contributed by atoms with Crippen LogP contribution in [0.15, 0.2) is 42.5 Å². The molecule has 0 radical (unpaired) electrons. The molecule has 0 aliphatic heterocycles. The van der Waals surface area contributed by atoms with E-state index in [4.69, 9.17) is 0 Å². The highest BCUT2D eigenvalue weighted by Gasteiger charge is 2.24. The first kappa shape index (κ1) is 22.0. The third-order valence-electron chi connectivity index (χ3n) is 4.78. The standard InChI is InChI=1S/C22H30N2O3S/c1-15(2)19-9-7-8-10-21(19)24(28(6,26)27)14-22(25)23-18(5)20-12-11-16(3)13-17(20)4/h7-13,15,18H,14H2,1-6H3,(H,23,25). The summed E-state index contributed by atoms with van der Waals surface area (Å²) < 4.78 is 26.1. The van der Waals surface area contributed by atoms with Crippen LogP contribution in [0.4, 0.5) is 5.69 Å². The molecule has 6 heteroatoms. The molecule has 1 N–H and O–H groups in total. The quantitative estimate of drug-likeness (QED) is 0.759. The third-order valence-corrected chi connectivity index (χ3v) is 5.91. The Labute approximate surface area is 168 Å². The molecule has 0 aliphatic rings. The van der Waals surface area contributed by atoms with Gasteiger partial charge in [0.25, 0.3) is 0 Å². The van der Waals surface area contributed by atoms with E-state index in [9.17, 15) is 13.2 Å². The predicted molar refractivity (Wildman–Crippen MR) is 115 cm³/mol. The molecule has 0 aromatic heterocycles. The molecule has 1 amide bonds. The van der Waals surface area contributed by atoms with Gasteiger partial charge in [0.05, 0.1) is 18.0 Å². The van der Waals surface area contributed by atoms with Crippen LogP contribution in [-0.4, -0.2) is 27.1 Å². The van der Waals surface area contributed by atoms with Crippen LogP contribution < -0.4 is 9.62 Å². The fourth-order valence-electron chi connectivity index (χ4n) is 3.39. The van der Waals surface area contributed by atoms with E-state index >= 15 is 0 Å². The van der Waals surface area contributed by atoms with Crippen molar-refractivity contribution in [2.75, 3.05) is 17.1 Å². The number of aryl methyl sites for hydroxylation is 2. The monoisotopic (exact) mass is 402 g/mol. The SMILES string of the molecule is Cc1ccc(C(C)NC(=O)CN(c2ccccc2C(C)C)S(C)(=O)=O)c(C)c1. The number of benzene rings is 2. The Morgan fingerprint density at radius 3 is 2.25 bits per heavy atom. The number of sulfonamides is 1. The molecule has 0 aliphatic carbocycles. The number of rotatable bonds is 7. The highest BCUT2D eigenvalue weighted by molar-refractivity contribution is 7.92. The molecule has 1 unspecified atom stereocenters. The highest BCUT2D eigenvalue weighted by atomic mass is 32.2. The minimum Gasteiger partial charge on any atom is -0.348 e. The van der Waals surface area contributed by atoms with Crippen LogP contribution in [0.5, 0.6) is 0 Å². The minimum absolute atomic E-state index is 0.137. The van der Waals surface area contributed by atoms with Gasteiger partial charge in [-0.1, -0.05) is 55.8 Å². The van der Waals surface area contributed by atoms with Gasteiger partial charge in [-0.2, -0.15) is 0 Å². The molecule has 1 atom stereocenters. The number of nitrogens with zero attached hydrogens (tertiary/aromatic N) is 1. The molecular formula is C22H30N2O3S. The minimum atomic E-state index is -3.61. The molecule has 152 valence electrons. The molecule has 0 heterocycles. The summed E-state index contributed by atoms with van der Waals surface area (Å²) in [6.07, 6.45) is 1.13. The Bertz CT molecular complexity index is 952. The lowest BCUT2D eigenvalue weighted by Gasteiger charge is -2.26. The van der Waals surface area contributed by atoms with Crippen LogP contribution in [0.25, 0.3) is 0 Å². The zero-order valence-electron chi connectivity index (χ0n) is 17.5. The Kier molecular flexibility index (Phi) is 6.88. The lowest BCUT2D eigenvalue weighted by molar-refractivity contribution is -0.120. The third kappa shape index (κ3) is 5.35. The zero-order chi connectivity index (χ0) is 21.1. The number of nitrogens with one attached hydrogen (secondary N) is 1. The van der Waals surface area contributed by atoms with Gasteiger partial charge < -0.3 is 5.32 Å². The first-order valence-electron chi connectivity index (χ1n) is 9.44. The number of hydrogen-bond donors (Lipinski definition) is 1.